The van der Waals surface area contributed by atoms with Gasteiger partial charge in [0, 0.05) is 17.3 Å². The zero-order valence-electron chi connectivity index (χ0n) is 17.6. The molecule has 1 amide bonds. The molecule has 1 aromatic carbocycles. The molecule has 4 heterocycles. The fraction of sp³-hybridized carbons (Fsp3) is 0.381. The Morgan fingerprint density at radius 3 is 2.79 bits per heavy atom. The molecule has 4 atom stereocenters. The lowest BCUT2D eigenvalue weighted by Gasteiger charge is -2.40. The van der Waals surface area contributed by atoms with Crippen molar-refractivity contribution in [3.05, 3.63) is 47.5 Å². The average molecular weight is 482 g/mol. The van der Waals surface area contributed by atoms with E-state index in [1.165, 1.54) is 12.1 Å². The number of alkyl halides is 3. The Balaban J connectivity index is 1.46. The van der Waals surface area contributed by atoms with Crippen molar-refractivity contribution in [2.75, 3.05) is 18.6 Å². The number of ether oxygens (including phenoxy) is 4. The van der Waals surface area contributed by atoms with Crippen LogP contribution < -0.4 is 20.5 Å². The SMILES string of the molecule is C[C@H]1OC[C@H]2[C@@H]1OC(N)=N[C@]2(CF)c1cc(NC(=O)c2cc3c(cn2)OC(F)(F)O3)ccc1F. The summed E-state index contributed by atoms with van der Waals surface area (Å²) in [5.41, 5.74) is 3.72. The van der Waals surface area contributed by atoms with E-state index in [1.54, 1.807) is 6.92 Å². The van der Waals surface area contributed by atoms with E-state index in [0.29, 0.717) is 0 Å². The average Bonchev–Trinajstić information content (AvgIpc) is 3.31. The van der Waals surface area contributed by atoms with E-state index in [9.17, 15) is 22.4 Å². The smallest absolute Gasteiger partial charge is 0.459 e. The molecular weight excluding hydrogens is 464 g/mol. The van der Waals surface area contributed by atoms with Gasteiger partial charge < -0.3 is 30.0 Å². The van der Waals surface area contributed by atoms with Crippen LogP contribution in [0.1, 0.15) is 23.0 Å². The molecule has 0 aliphatic carbocycles. The lowest BCUT2D eigenvalue weighted by molar-refractivity contribution is -0.286. The van der Waals surface area contributed by atoms with E-state index < -0.39 is 48.4 Å². The number of hydrogen-bond acceptors (Lipinski definition) is 8. The number of nitrogens with one attached hydrogen (secondary N) is 1. The molecule has 0 unspecified atom stereocenters. The summed E-state index contributed by atoms with van der Waals surface area (Å²) in [6.45, 7) is 0.697. The second-order valence-electron chi connectivity index (χ2n) is 8.07. The fourth-order valence-corrected chi connectivity index (χ4v) is 4.38. The first-order valence-electron chi connectivity index (χ1n) is 10.2. The van der Waals surface area contributed by atoms with Crippen LogP contribution in [0.15, 0.2) is 35.5 Å². The molecule has 34 heavy (non-hydrogen) atoms. The van der Waals surface area contributed by atoms with E-state index in [4.69, 9.17) is 15.2 Å². The van der Waals surface area contributed by atoms with Crippen molar-refractivity contribution in [2.45, 2.75) is 31.0 Å². The van der Waals surface area contributed by atoms with Crippen LogP contribution in [0.5, 0.6) is 11.5 Å². The third-order valence-corrected chi connectivity index (χ3v) is 5.99. The Kier molecular flexibility index (Phi) is 5.04. The minimum atomic E-state index is -3.86. The van der Waals surface area contributed by atoms with Gasteiger partial charge in [-0.1, -0.05) is 0 Å². The molecule has 1 saturated heterocycles. The summed E-state index contributed by atoms with van der Waals surface area (Å²) in [6.07, 6.45) is -4.00. The number of halogens is 4. The van der Waals surface area contributed by atoms with Crippen LogP contribution in [0.2, 0.25) is 0 Å². The summed E-state index contributed by atoms with van der Waals surface area (Å²) in [4.78, 5) is 20.6. The maximum absolute atomic E-state index is 15.0. The van der Waals surface area contributed by atoms with E-state index in [0.717, 1.165) is 18.3 Å². The normalized spacial score (nSPS) is 28.6. The van der Waals surface area contributed by atoms with Gasteiger partial charge in [0.15, 0.2) is 11.5 Å². The van der Waals surface area contributed by atoms with Crippen LogP contribution in [-0.4, -0.2) is 48.7 Å². The van der Waals surface area contributed by atoms with Gasteiger partial charge >= 0.3 is 6.29 Å². The first-order valence-corrected chi connectivity index (χ1v) is 10.2. The summed E-state index contributed by atoms with van der Waals surface area (Å²) >= 11 is 0. The molecule has 3 aliphatic heterocycles. The van der Waals surface area contributed by atoms with Crippen molar-refractivity contribution in [3.63, 3.8) is 0 Å². The molecule has 1 aromatic heterocycles. The summed E-state index contributed by atoms with van der Waals surface area (Å²) in [7, 11) is 0. The van der Waals surface area contributed by atoms with E-state index >= 15 is 0 Å². The first kappa shape index (κ1) is 22.2. The number of rotatable bonds is 4. The van der Waals surface area contributed by atoms with Crippen molar-refractivity contribution >= 4 is 17.6 Å². The zero-order chi connectivity index (χ0) is 24.3. The van der Waals surface area contributed by atoms with Crippen LogP contribution in [0.25, 0.3) is 0 Å². The third kappa shape index (κ3) is 3.56. The summed E-state index contributed by atoms with van der Waals surface area (Å²) in [5.74, 6) is -2.93. The number of anilines is 1. The molecule has 2 aromatic rings. The molecule has 1 fully saturated rings. The van der Waals surface area contributed by atoms with Gasteiger partial charge in [0.1, 0.15) is 29.8 Å². The minimum Gasteiger partial charge on any atom is -0.459 e. The van der Waals surface area contributed by atoms with Crippen LogP contribution in [-0.2, 0) is 15.0 Å². The molecule has 180 valence electrons. The molecule has 0 bridgehead atoms. The lowest BCUT2D eigenvalue weighted by Crippen LogP contribution is -2.51. The molecule has 9 nitrogen and oxygen atoms in total. The third-order valence-electron chi connectivity index (χ3n) is 5.99. The number of amidine groups is 1. The second kappa shape index (κ2) is 7.72. The van der Waals surface area contributed by atoms with Gasteiger partial charge in [0.05, 0.1) is 24.8 Å². The van der Waals surface area contributed by atoms with Gasteiger partial charge in [-0.3, -0.25) is 4.79 Å². The number of carbonyl (C=O) groups is 1. The van der Waals surface area contributed by atoms with Crippen LogP contribution in [0.4, 0.5) is 23.2 Å². The zero-order valence-corrected chi connectivity index (χ0v) is 17.6. The molecule has 0 radical (unpaired) electrons. The van der Waals surface area contributed by atoms with Crippen LogP contribution in [0.3, 0.4) is 0 Å². The number of amides is 1. The highest BCUT2D eigenvalue weighted by molar-refractivity contribution is 6.03. The van der Waals surface area contributed by atoms with Crippen molar-refractivity contribution in [1.82, 2.24) is 4.98 Å². The molecule has 3 N–H and O–H groups in total. The monoisotopic (exact) mass is 482 g/mol. The van der Waals surface area contributed by atoms with Gasteiger partial charge in [-0.2, -0.15) is 0 Å². The highest BCUT2D eigenvalue weighted by atomic mass is 19.3. The molecule has 13 heteroatoms. The Morgan fingerprint density at radius 1 is 1.26 bits per heavy atom. The summed E-state index contributed by atoms with van der Waals surface area (Å²) in [5, 5.41) is 2.48. The Hall–Kier alpha value is -3.61. The lowest BCUT2D eigenvalue weighted by atomic mass is 9.75. The maximum Gasteiger partial charge on any atom is 0.586 e. The molecule has 0 spiro atoms. The minimum absolute atomic E-state index is 0.0638. The predicted molar refractivity (Wildman–Crippen MR) is 108 cm³/mol. The van der Waals surface area contributed by atoms with Gasteiger partial charge in [-0.25, -0.2) is 18.8 Å². The number of nitrogens with zero attached hydrogens (tertiary/aromatic N) is 2. The van der Waals surface area contributed by atoms with Crippen molar-refractivity contribution in [2.24, 2.45) is 16.6 Å². The summed E-state index contributed by atoms with van der Waals surface area (Å²) < 4.78 is 75.6. The van der Waals surface area contributed by atoms with Gasteiger partial charge in [0.2, 0.25) is 0 Å². The second-order valence-corrected chi connectivity index (χ2v) is 8.07. The molecule has 5 rings (SSSR count). The van der Waals surface area contributed by atoms with Crippen molar-refractivity contribution < 1.29 is 41.3 Å². The van der Waals surface area contributed by atoms with E-state index in [1.807, 2.05) is 0 Å². The molecular formula is C21H18F4N4O5. The number of pyridine rings is 1. The fourth-order valence-electron chi connectivity index (χ4n) is 4.38. The van der Waals surface area contributed by atoms with Crippen LogP contribution in [0, 0.1) is 11.7 Å². The predicted octanol–water partition coefficient (Wildman–Crippen LogP) is 2.71. The number of nitrogens with two attached hydrogens (primary N) is 1. The van der Waals surface area contributed by atoms with Crippen LogP contribution >= 0.6 is 0 Å². The number of aliphatic imine (C=N–C) groups is 1. The number of fused-ring (bicyclic) bond motifs is 2. The quantitative estimate of drug-likeness (QED) is 0.644. The number of benzene rings is 1. The Morgan fingerprint density at radius 2 is 2.03 bits per heavy atom. The summed E-state index contributed by atoms with van der Waals surface area (Å²) in [6, 6.07) is 4.21. The number of aromatic nitrogens is 1. The van der Waals surface area contributed by atoms with E-state index in [2.05, 4.69) is 24.8 Å². The Labute approximate surface area is 189 Å². The van der Waals surface area contributed by atoms with Gasteiger partial charge in [-0.05, 0) is 25.1 Å². The van der Waals surface area contributed by atoms with Crippen molar-refractivity contribution in [3.8, 4) is 11.5 Å². The first-order chi connectivity index (χ1) is 16.1. The highest BCUT2D eigenvalue weighted by Gasteiger charge is 2.55. The highest BCUT2D eigenvalue weighted by Crippen LogP contribution is 2.46. The largest absolute Gasteiger partial charge is 0.586 e. The molecule has 3 aliphatic rings. The number of carbonyl (C=O) groups excluding carboxylic acids is 1. The van der Waals surface area contributed by atoms with E-state index in [-0.39, 0.29) is 41.1 Å². The maximum atomic E-state index is 15.0. The van der Waals surface area contributed by atoms with Crippen molar-refractivity contribution in [1.29, 1.82) is 0 Å². The standard InChI is InChI=1S/C21H18F4N4O5/c1-9-17-12(7-31-9)20(8-22,29-19(26)32-17)11-4-10(2-3-13(11)23)28-18(30)14-5-15-16(6-27-14)34-21(24,25)33-15/h2-6,9,12,17H,7-8H2,1H3,(H2,26,29)(H,28,30)/t9-,12+,17-,20-/m1/s1. The van der Waals surface area contributed by atoms with Gasteiger partial charge in [-0.15, -0.1) is 8.78 Å². The number of hydrogen-bond donors (Lipinski definition) is 2. The Bertz CT molecular complexity index is 1200. The topological polar surface area (TPSA) is 117 Å². The molecule has 0 saturated carbocycles. The van der Waals surface area contributed by atoms with Gasteiger partial charge in [0.25, 0.3) is 11.9 Å².